The number of hydrogen-bond acceptors (Lipinski definition) is 2. The normalized spacial score (nSPS) is 10.1. The molecule has 0 unspecified atom stereocenters. The average molecular weight is 341 g/mol. The first-order valence-corrected chi connectivity index (χ1v) is 5.92. The van der Waals surface area contributed by atoms with E-state index in [-0.39, 0.29) is 38.8 Å². The third-order valence-corrected chi connectivity index (χ3v) is 3.18. The molecule has 7 heteroatoms. The number of aromatic amines is 1. The molecule has 2 aromatic rings. The van der Waals surface area contributed by atoms with Crippen molar-refractivity contribution in [2.75, 3.05) is 0 Å². The first-order valence-electron chi connectivity index (χ1n) is 5.17. The van der Waals surface area contributed by atoms with E-state index < -0.39 is 5.78 Å². The molecular formula is C12H10Cl2FeN2O2. The Hall–Kier alpha value is -1.00. The van der Waals surface area contributed by atoms with Crippen molar-refractivity contribution < 1.29 is 21.9 Å². The predicted molar refractivity (Wildman–Crippen MR) is 70.7 cm³/mol. The van der Waals surface area contributed by atoms with E-state index in [0.717, 1.165) is 0 Å². The molecule has 102 valence electrons. The Morgan fingerprint density at radius 1 is 1.32 bits per heavy atom. The number of aryl methyl sites for hydroxylation is 2. The summed E-state index contributed by atoms with van der Waals surface area (Å²) < 4.78 is 1.26. The van der Waals surface area contributed by atoms with E-state index in [2.05, 4.69) is 5.10 Å². The molecule has 1 heterocycles. The number of ketones is 1. The summed E-state index contributed by atoms with van der Waals surface area (Å²) in [5, 5.41) is 3.44. The van der Waals surface area contributed by atoms with E-state index in [1.807, 2.05) is 0 Å². The molecule has 0 amide bonds. The van der Waals surface area contributed by atoms with Gasteiger partial charge in [-0.3, -0.25) is 19.4 Å². The van der Waals surface area contributed by atoms with Crippen LogP contribution in [-0.2, 0) is 24.1 Å². The number of H-pyrrole nitrogens is 1. The second kappa shape index (κ2) is 5.97. The molecule has 0 bridgehead atoms. The van der Waals surface area contributed by atoms with Crippen molar-refractivity contribution in [3.05, 3.63) is 55.4 Å². The first-order chi connectivity index (χ1) is 8.41. The van der Waals surface area contributed by atoms with Crippen LogP contribution in [-0.4, -0.2) is 15.6 Å². The summed E-state index contributed by atoms with van der Waals surface area (Å²) in [6.07, 6.45) is 0. The van der Waals surface area contributed by atoms with Gasteiger partial charge in [-0.1, -0.05) is 23.2 Å². The number of aromatic nitrogens is 2. The minimum absolute atomic E-state index is 0. The molecule has 0 spiro atoms. The molecule has 0 saturated carbocycles. The number of hydrogen-bond donors (Lipinski definition) is 1. The van der Waals surface area contributed by atoms with Gasteiger partial charge >= 0.3 is 0 Å². The number of carbonyl (C=O) groups is 1. The Morgan fingerprint density at radius 3 is 2.42 bits per heavy atom. The first kappa shape index (κ1) is 16.1. The largest absolute Gasteiger partial charge is 0.299 e. The van der Waals surface area contributed by atoms with Crippen molar-refractivity contribution in [3.8, 4) is 0 Å². The van der Waals surface area contributed by atoms with Crippen LogP contribution >= 0.6 is 23.2 Å². The van der Waals surface area contributed by atoms with Gasteiger partial charge in [-0.2, -0.15) is 0 Å². The van der Waals surface area contributed by atoms with Crippen LogP contribution in [0, 0.1) is 6.92 Å². The zero-order chi connectivity index (χ0) is 13.4. The molecule has 2 rings (SSSR count). The zero-order valence-electron chi connectivity index (χ0n) is 10.1. The molecule has 0 aliphatic heterocycles. The van der Waals surface area contributed by atoms with Crippen LogP contribution in [0.1, 0.15) is 21.6 Å². The van der Waals surface area contributed by atoms with Gasteiger partial charge in [-0.05, 0) is 25.1 Å². The van der Waals surface area contributed by atoms with Gasteiger partial charge in [0.1, 0.15) is 5.56 Å². The fourth-order valence-electron chi connectivity index (χ4n) is 1.76. The van der Waals surface area contributed by atoms with Crippen LogP contribution in [0.15, 0.2) is 23.0 Å². The third-order valence-electron chi connectivity index (χ3n) is 2.63. The molecule has 0 aliphatic carbocycles. The Labute approximate surface area is 130 Å². The molecular weight excluding hydrogens is 331 g/mol. The van der Waals surface area contributed by atoms with Crippen molar-refractivity contribution in [1.29, 1.82) is 0 Å². The van der Waals surface area contributed by atoms with Gasteiger partial charge in [0, 0.05) is 40.4 Å². The van der Waals surface area contributed by atoms with Crippen LogP contribution in [0.3, 0.4) is 0 Å². The van der Waals surface area contributed by atoms with E-state index in [1.54, 1.807) is 20.0 Å². The van der Waals surface area contributed by atoms with E-state index in [4.69, 9.17) is 23.2 Å². The zero-order valence-corrected chi connectivity index (χ0v) is 12.7. The van der Waals surface area contributed by atoms with Gasteiger partial charge < -0.3 is 0 Å². The minimum atomic E-state index is -0.406. The van der Waals surface area contributed by atoms with Crippen LogP contribution in [0.5, 0.6) is 0 Å². The summed E-state index contributed by atoms with van der Waals surface area (Å²) in [6.45, 7) is 1.67. The maximum absolute atomic E-state index is 12.3. The molecule has 4 nitrogen and oxygen atoms in total. The van der Waals surface area contributed by atoms with Gasteiger partial charge in [-0.15, -0.1) is 0 Å². The predicted octanol–water partition coefficient (Wildman–Crippen LogP) is 2.56. The van der Waals surface area contributed by atoms with Crippen molar-refractivity contribution in [1.82, 2.24) is 9.78 Å². The summed E-state index contributed by atoms with van der Waals surface area (Å²) in [7, 11) is 1.55. The van der Waals surface area contributed by atoms with Crippen molar-refractivity contribution in [3.63, 3.8) is 0 Å². The molecule has 0 atom stereocenters. The molecule has 0 aliphatic rings. The van der Waals surface area contributed by atoms with Crippen LogP contribution in [0.25, 0.3) is 0 Å². The van der Waals surface area contributed by atoms with Gasteiger partial charge in [0.25, 0.3) is 5.56 Å². The quantitative estimate of drug-likeness (QED) is 0.674. The summed E-state index contributed by atoms with van der Waals surface area (Å²) in [5.41, 5.74) is 0.504. The number of nitrogens with one attached hydrogen (secondary N) is 1. The summed E-state index contributed by atoms with van der Waals surface area (Å²) in [4.78, 5) is 24.1. The molecule has 0 radical (unpaired) electrons. The second-order valence-electron chi connectivity index (χ2n) is 3.93. The molecule has 1 N–H and O–H groups in total. The number of nitrogens with zero attached hydrogens (tertiary/aromatic N) is 1. The monoisotopic (exact) mass is 340 g/mol. The maximum atomic E-state index is 12.3. The fraction of sp³-hybridized carbons (Fsp3) is 0.167. The van der Waals surface area contributed by atoms with Crippen molar-refractivity contribution >= 4 is 29.0 Å². The number of rotatable bonds is 2. The molecule has 19 heavy (non-hydrogen) atoms. The Morgan fingerprint density at radius 2 is 1.95 bits per heavy atom. The summed E-state index contributed by atoms with van der Waals surface area (Å²) >= 11 is 11.7. The Balaban J connectivity index is 0.00000180. The number of benzene rings is 1. The van der Waals surface area contributed by atoms with Crippen LogP contribution < -0.4 is 5.56 Å². The van der Waals surface area contributed by atoms with E-state index >= 15 is 0 Å². The van der Waals surface area contributed by atoms with E-state index in [9.17, 15) is 9.59 Å². The standard InChI is InChI=1S/C12H10Cl2N2O2.Fe/c1-6-10(12(18)16(2)15-6)11(17)8-4-3-7(13)5-9(8)14;/h3-5,15H,1-2H3;. The van der Waals surface area contributed by atoms with Crippen molar-refractivity contribution in [2.45, 2.75) is 6.92 Å². The molecule has 1 aromatic carbocycles. The maximum Gasteiger partial charge on any atom is 0.277 e. The number of carbonyl (C=O) groups excluding carboxylic acids is 1. The van der Waals surface area contributed by atoms with Gasteiger partial charge in [0.05, 0.1) is 5.02 Å². The molecule has 0 fully saturated rings. The average Bonchev–Trinajstić information content (AvgIpc) is 2.52. The Bertz CT molecular complexity index is 692. The van der Waals surface area contributed by atoms with Gasteiger partial charge in [0.15, 0.2) is 0 Å². The third kappa shape index (κ3) is 2.95. The van der Waals surface area contributed by atoms with Crippen LogP contribution in [0.4, 0.5) is 0 Å². The summed E-state index contributed by atoms with van der Waals surface area (Å²) in [5.74, 6) is -0.406. The van der Waals surface area contributed by atoms with Gasteiger partial charge in [0.2, 0.25) is 5.78 Å². The van der Waals surface area contributed by atoms with Crippen LogP contribution in [0.2, 0.25) is 10.0 Å². The summed E-state index contributed by atoms with van der Waals surface area (Å²) in [6, 6.07) is 4.55. The molecule has 1 aromatic heterocycles. The second-order valence-corrected chi connectivity index (χ2v) is 4.77. The van der Waals surface area contributed by atoms with E-state index in [0.29, 0.717) is 10.7 Å². The van der Waals surface area contributed by atoms with E-state index in [1.165, 1.54) is 16.8 Å². The Kier molecular flexibility index (Phi) is 5.04. The fourth-order valence-corrected chi connectivity index (χ4v) is 2.26. The van der Waals surface area contributed by atoms with Gasteiger partial charge in [-0.25, -0.2) is 0 Å². The SMILES string of the molecule is Cc1[nH]n(C)c(=O)c1C(=O)c1ccc(Cl)cc1Cl.[Fe]. The molecule has 0 saturated heterocycles. The smallest absolute Gasteiger partial charge is 0.277 e. The number of halogens is 2. The minimum Gasteiger partial charge on any atom is -0.299 e. The topological polar surface area (TPSA) is 54.9 Å². The van der Waals surface area contributed by atoms with Crippen molar-refractivity contribution in [2.24, 2.45) is 7.05 Å².